The molecule has 0 fully saturated rings. The van der Waals surface area contributed by atoms with Crippen molar-refractivity contribution in [3.63, 3.8) is 0 Å². The van der Waals surface area contributed by atoms with Gasteiger partial charge in [0.2, 0.25) is 5.88 Å². The maximum absolute atomic E-state index is 10.5. The van der Waals surface area contributed by atoms with Gasteiger partial charge < -0.3 is 9.47 Å². The molecule has 0 bridgehead atoms. The molecule has 2 aromatic rings. The van der Waals surface area contributed by atoms with E-state index in [4.69, 9.17) is 21.1 Å². The van der Waals surface area contributed by atoms with Crippen LogP contribution in [0.15, 0.2) is 36.5 Å². The summed E-state index contributed by atoms with van der Waals surface area (Å²) >= 11 is 5.87. The number of nitrogens with zero attached hydrogens (tertiary/aromatic N) is 2. The molecular weight excluding hydrogens is 272 g/mol. The number of nitro groups is 1. The number of aromatic nitrogens is 1. The highest BCUT2D eigenvalue weighted by Gasteiger charge is 2.12. The van der Waals surface area contributed by atoms with Crippen molar-refractivity contribution in [3.8, 4) is 17.4 Å². The summed E-state index contributed by atoms with van der Waals surface area (Å²) in [6.07, 6.45) is 1.09. The minimum Gasteiger partial charge on any atom is -0.497 e. The Bertz CT molecular complexity index is 601. The molecule has 1 aromatic carbocycles. The lowest BCUT2D eigenvalue weighted by Crippen LogP contribution is -1.93. The zero-order valence-corrected chi connectivity index (χ0v) is 10.6. The molecule has 98 valence electrons. The molecule has 0 aliphatic rings. The molecule has 0 atom stereocenters. The molecule has 0 aliphatic heterocycles. The number of hydrogen-bond acceptors (Lipinski definition) is 5. The number of pyridine rings is 1. The first-order valence-electron chi connectivity index (χ1n) is 5.22. The van der Waals surface area contributed by atoms with E-state index in [-0.39, 0.29) is 16.6 Å². The quantitative estimate of drug-likeness (QED) is 0.633. The number of rotatable bonds is 4. The summed E-state index contributed by atoms with van der Waals surface area (Å²) < 4.78 is 10.4. The van der Waals surface area contributed by atoms with Gasteiger partial charge in [-0.2, -0.15) is 0 Å². The molecule has 7 heteroatoms. The van der Waals surface area contributed by atoms with Crippen molar-refractivity contribution < 1.29 is 14.4 Å². The summed E-state index contributed by atoms with van der Waals surface area (Å²) in [6, 6.07) is 7.98. The number of halogens is 1. The van der Waals surface area contributed by atoms with E-state index in [1.807, 2.05) is 0 Å². The molecule has 0 aliphatic carbocycles. The van der Waals surface area contributed by atoms with Crippen LogP contribution in [0.2, 0.25) is 5.02 Å². The number of benzene rings is 1. The van der Waals surface area contributed by atoms with Crippen LogP contribution >= 0.6 is 11.6 Å². The van der Waals surface area contributed by atoms with Crippen LogP contribution in [0.25, 0.3) is 0 Å². The molecule has 1 aromatic heterocycles. The molecule has 0 N–H and O–H groups in total. The average molecular weight is 281 g/mol. The van der Waals surface area contributed by atoms with Gasteiger partial charge in [-0.05, 0) is 24.3 Å². The van der Waals surface area contributed by atoms with Crippen molar-refractivity contribution in [3.05, 3.63) is 51.7 Å². The van der Waals surface area contributed by atoms with Gasteiger partial charge in [-0.25, -0.2) is 4.98 Å². The first-order chi connectivity index (χ1) is 9.10. The third kappa shape index (κ3) is 3.11. The predicted molar refractivity (Wildman–Crippen MR) is 69.0 cm³/mol. The van der Waals surface area contributed by atoms with Gasteiger partial charge in [-0.3, -0.25) is 10.1 Å². The van der Waals surface area contributed by atoms with Gasteiger partial charge in [0, 0.05) is 6.07 Å². The highest BCUT2D eigenvalue weighted by molar-refractivity contribution is 6.32. The zero-order valence-electron chi connectivity index (χ0n) is 9.87. The van der Waals surface area contributed by atoms with Crippen molar-refractivity contribution >= 4 is 17.3 Å². The number of ether oxygens (including phenoxy) is 2. The largest absolute Gasteiger partial charge is 0.497 e. The van der Waals surface area contributed by atoms with E-state index in [1.54, 1.807) is 31.4 Å². The average Bonchev–Trinajstić information content (AvgIpc) is 2.41. The molecule has 1 heterocycles. The molecule has 6 nitrogen and oxygen atoms in total. The van der Waals surface area contributed by atoms with E-state index in [0.717, 1.165) is 6.20 Å². The SMILES string of the molecule is COc1ccc(Oc2ncc([N+](=O)[O-])cc2Cl)cc1. The summed E-state index contributed by atoms with van der Waals surface area (Å²) in [7, 11) is 1.56. The standard InChI is InChI=1S/C12H9ClN2O4/c1-18-9-2-4-10(5-3-9)19-12-11(13)6-8(7-14-12)15(16)17/h2-7H,1H3. The molecule has 2 rings (SSSR count). The first kappa shape index (κ1) is 13.1. The van der Waals surface area contributed by atoms with Crippen LogP contribution in [0.5, 0.6) is 17.4 Å². The second-order valence-corrected chi connectivity index (χ2v) is 3.92. The van der Waals surface area contributed by atoms with Crippen LogP contribution in [0.4, 0.5) is 5.69 Å². The summed E-state index contributed by atoms with van der Waals surface area (Å²) in [4.78, 5) is 13.8. The van der Waals surface area contributed by atoms with Crippen molar-refractivity contribution in [2.75, 3.05) is 7.11 Å². The predicted octanol–water partition coefficient (Wildman–Crippen LogP) is 3.44. The molecule has 0 spiro atoms. The second-order valence-electron chi connectivity index (χ2n) is 3.52. The topological polar surface area (TPSA) is 74.5 Å². The summed E-state index contributed by atoms with van der Waals surface area (Å²) in [5.41, 5.74) is -0.188. The molecule has 0 saturated heterocycles. The van der Waals surface area contributed by atoms with Gasteiger partial charge in [0.25, 0.3) is 5.69 Å². The maximum atomic E-state index is 10.5. The molecule has 0 radical (unpaired) electrons. The fraction of sp³-hybridized carbons (Fsp3) is 0.0833. The number of hydrogen-bond donors (Lipinski definition) is 0. The third-order valence-corrected chi connectivity index (χ3v) is 2.55. The van der Waals surface area contributed by atoms with Crippen LogP contribution in [-0.2, 0) is 0 Å². The first-order valence-corrected chi connectivity index (χ1v) is 5.60. The Morgan fingerprint density at radius 3 is 2.42 bits per heavy atom. The Morgan fingerprint density at radius 2 is 1.89 bits per heavy atom. The van der Waals surface area contributed by atoms with Crippen molar-refractivity contribution in [2.24, 2.45) is 0 Å². The molecule has 19 heavy (non-hydrogen) atoms. The Morgan fingerprint density at radius 1 is 1.26 bits per heavy atom. The van der Waals surface area contributed by atoms with Gasteiger partial charge >= 0.3 is 0 Å². The molecule has 0 unspecified atom stereocenters. The monoisotopic (exact) mass is 280 g/mol. The van der Waals surface area contributed by atoms with E-state index < -0.39 is 4.92 Å². The molecular formula is C12H9ClN2O4. The van der Waals surface area contributed by atoms with Gasteiger partial charge in [0.1, 0.15) is 22.7 Å². The van der Waals surface area contributed by atoms with E-state index in [9.17, 15) is 10.1 Å². The third-order valence-electron chi connectivity index (χ3n) is 2.28. The van der Waals surface area contributed by atoms with Crippen molar-refractivity contribution in [2.45, 2.75) is 0 Å². The second kappa shape index (κ2) is 5.53. The van der Waals surface area contributed by atoms with Gasteiger partial charge in [0.15, 0.2) is 0 Å². The lowest BCUT2D eigenvalue weighted by molar-refractivity contribution is -0.385. The highest BCUT2D eigenvalue weighted by Crippen LogP contribution is 2.30. The molecule has 0 saturated carbocycles. The van der Waals surface area contributed by atoms with E-state index >= 15 is 0 Å². The summed E-state index contributed by atoms with van der Waals surface area (Å²) in [6.45, 7) is 0. The van der Waals surface area contributed by atoms with Crippen molar-refractivity contribution in [1.29, 1.82) is 0 Å². The fourth-order valence-electron chi connectivity index (χ4n) is 1.35. The Balaban J connectivity index is 2.20. The van der Waals surface area contributed by atoms with Crippen LogP contribution in [0, 0.1) is 10.1 Å². The van der Waals surface area contributed by atoms with Gasteiger partial charge in [0.05, 0.1) is 12.0 Å². The summed E-state index contributed by atoms with van der Waals surface area (Å²) in [5, 5.41) is 10.6. The van der Waals surface area contributed by atoms with E-state index in [1.165, 1.54) is 6.07 Å². The summed E-state index contributed by atoms with van der Waals surface area (Å²) in [5.74, 6) is 1.30. The smallest absolute Gasteiger partial charge is 0.289 e. The Labute approximate surface area is 113 Å². The van der Waals surface area contributed by atoms with Gasteiger partial charge in [-0.1, -0.05) is 11.6 Å². The van der Waals surface area contributed by atoms with Crippen LogP contribution < -0.4 is 9.47 Å². The zero-order chi connectivity index (χ0) is 13.8. The van der Waals surface area contributed by atoms with Crippen LogP contribution in [-0.4, -0.2) is 17.0 Å². The Kier molecular flexibility index (Phi) is 3.82. The number of methoxy groups -OCH3 is 1. The maximum Gasteiger partial charge on any atom is 0.289 e. The fourth-order valence-corrected chi connectivity index (χ4v) is 1.54. The molecule has 0 amide bonds. The van der Waals surface area contributed by atoms with Gasteiger partial charge in [-0.15, -0.1) is 0 Å². The van der Waals surface area contributed by atoms with E-state index in [2.05, 4.69) is 4.98 Å². The van der Waals surface area contributed by atoms with Crippen molar-refractivity contribution in [1.82, 2.24) is 4.98 Å². The lowest BCUT2D eigenvalue weighted by Gasteiger charge is -2.06. The van der Waals surface area contributed by atoms with Crippen LogP contribution in [0.3, 0.4) is 0 Å². The van der Waals surface area contributed by atoms with Crippen LogP contribution in [0.1, 0.15) is 0 Å². The minimum atomic E-state index is -0.573. The normalized spacial score (nSPS) is 10.0. The lowest BCUT2D eigenvalue weighted by atomic mass is 10.3. The highest BCUT2D eigenvalue weighted by atomic mass is 35.5. The minimum absolute atomic E-state index is 0.0741. The van der Waals surface area contributed by atoms with E-state index in [0.29, 0.717) is 11.5 Å². The Hall–Kier alpha value is -2.34.